The number of aliphatic hydroxyl groups excluding tert-OH is 1. The number of carbonyl (C=O) groups excluding carboxylic acids is 1. The Morgan fingerprint density at radius 3 is 2.84 bits per heavy atom. The molecule has 1 aromatic rings. The number of rotatable bonds is 2. The van der Waals surface area contributed by atoms with E-state index < -0.39 is 5.82 Å². The minimum Gasteiger partial charge on any atom is -0.394 e. The lowest BCUT2D eigenvalue weighted by molar-refractivity contribution is 0.0599. The average Bonchev–Trinajstić information content (AvgIpc) is 2.61. The van der Waals surface area contributed by atoms with Crippen LogP contribution in [-0.4, -0.2) is 35.1 Å². The van der Waals surface area contributed by atoms with Gasteiger partial charge in [0.1, 0.15) is 5.82 Å². The van der Waals surface area contributed by atoms with Crippen LogP contribution in [0.2, 0.25) is 0 Å². The van der Waals surface area contributed by atoms with Gasteiger partial charge in [0.15, 0.2) is 0 Å². The van der Waals surface area contributed by atoms with Crippen molar-refractivity contribution < 1.29 is 14.3 Å². The number of nitrogens with zero attached hydrogens (tertiary/aromatic N) is 1. The number of hydrogen-bond acceptors (Lipinski definition) is 2. The Kier molecular flexibility index (Phi) is 4.93. The van der Waals surface area contributed by atoms with Crippen LogP contribution in [0.25, 0.3) is 0 Å². The fourth-order valence-corrected chi connectivity index (χ4v) is 2.94. The van der Waals surface area contributed by atoms with Crippen molar-refractivity contribution in [1.82, 2.24) is 4.90 Å². The second-order valence-electron chi connectivity index (χ2n) is 4.84. The molecule has 1 N–H and O–H groups in total. The van der Waals surface area contributed by atoms with Gasteiger partial charge >= 0.3 is 0 Å². The average molecular weight is 330 g/mol. The van der Waals surface area contributed by atoms with E-state index in [2.05, 4.69) is 15.9 Å². The second kappa shape index (κ2) is 6.48. The Morgan fingerprint density at radius 2 is 2.16 bits per heavy atom. The number of benzene rings is 1. The van der Waals surface area contributed by atoms with Gasteiger partial charge in [0, 0.05) is 16.6 Å². The molecule has 1 atom stereocenters. The highest BCUT2D eigenvalue weighted by atomic mass is 79.9. The zero-order valence-electron chi connectivity index (χ0n) is 10.6. The van der Waals surface area contributed by atoms with E-state index in [1.165, 1.54) is 12.1 Å². The van der Waals surface area contributed by atoms with Gasteiger partial charge in [0.05, 0.1) is 12.6 Å². The third-order valence-corrected chi connectivity index (χ3v) is 3.92. The molecule has 0 radical (unpaired) electrons. The van der Waals surface area contributed by atoms with Crippen molar-refractivity contribution in [2.24, 2.45) is 0 Å². The van der Waals surface area contributed by atoms with E-state index in [0.717, 1.165) is 25.7 Å². The van der Waals surface area contributed by atoms with Crippen LogP contribution in [-0.2, 0) is 0 Å². The smallest absolute Gasteiger partial charge is 0.254 e. The molecule has 1 heterocycles. The first-order valence-electron chi connectivity index (χ1n) is 6.49. The van der Waals surface area contributed by atoms with E-state index >= 15 is 0 Å². The van der Waals surface area contributed by atoms with Crippen molar-refractivity contribution in [3.8, 4) is 0 Å². The van der Waals surface area contributed by atoms with Gasteiger partial charge in [-0.1, -0.05) is 28.8 Å². The van der Waals surface area contributed by atoms with Crippen LogP contribution >= 0.6 is 15.9 Å². The molecule has 0 aromatic heterocycles. The Morgan fingerprint density at radius 1 is 1.37 bits per heavy atom. The largest absolute Gasteiger partial charge is 0.394 e. The summed E-state index contributed by atoms with van der Waals surface area (Å²) in [6.45, 7) is 0.584. The predicted molar refractivity (Wildman–Crippen MR) is 74.5 cm³/mol. The zero-order chi connectivity index (χ0) is 13.8. The molecule has 0 bridgehead atoms. The maximum absolute atomic E-state index is 13.4. The molecule has 1 saturated heterocycles. The molecule has 2 rings (SSSR count). The Balaban J connectivity index is 2.25. The van der Waals surface area contributed by atoms with Gasteiger partial charge in [-0.05, 0) is 31.0 Å². The van der Waals surface area contributed by atoms with Crippen LogP contribution in [0.4, 0.5) is 4.39 Å². The lowest BCUT2D eigenvalue weighted by atomic mass is 10.1. The molecule has 104 valence electrons. The molecule has 0 aliphatic carbocycles. The minimum atomic E-state index is -0.437. The Bertz CT molecular complexity index is 447. The van der Waals surface area contributed by atoms with E-state index in [9.17, 15) is 14.3 Å². The van der Waals surface area contributed by atoms with Gasteiger partial charge < -0.3 is 10.0 Å². The molecule has 5 heteroatoms. The summed E-state index contributed by atoms with van der Waals surface area (Å²) in [5.74, 6) is -0.644. The summed E-state index contributed by atoms with van der Waals surface area (Å²) in [6.07, 6.45) is 3.81. The van der Waals surface area contributed by atoms with Gasteiger partial charge in [0.25, 0.3) is 5.91 Å². The fraction of sp³-hybridized carbons (Fsp3) is 0.500. The summed E-state index contributed by atoms with van der Waals surface area (Å²) in [5, 5.41) is 9.41. The van der Waals surface area contributed by atoms with E-state index in [0.29, 0.717) is 16.6 Å². The van der Waals surface area contributed by atoms with Crippen molar-refractivity contribution in [1.29, 1.82) is 0 Å². The number of carbonyl (C=O) groups is 1. The lowest BCUT2D eigenvalue weighted by Crippen LogP contribution is -2.42. The molecular formula is C14H17BrFNO2. The number of halogens is 2. The maximum atomic E-state index is 13.4. The molecule has 1 unspecified atom stereocenters. The highest BCUT2D eigenvalue weighted by Gasteiger charge is 2.26. The summed E-state index contributed by atoms with van der Waals surface area (Å²) in [5.41, 5.74) is 0.326. The second-order valence-corrected chi connectivity index (χ2v) is 5.76. The summed E-state index contributed by atoms with van der Waals surface area (Å²) < 4.78 is 13.9. The summed E-state index contributed by atoms with van der Waals surface area (Å²) in [7, 11) is 0. The molecule has 0 spiro atoms. The Labute approximate surface area is 120 Å². The first-order chi connectivity index (χ1) is 9.11. The van der Waals surface area contributed by atoms with Gasteiger partial charge in [-0.25, -0.2) is 4.39 Å². The highest BCUT2D eigenvalue weighted by molar-refractivity contribution is 9.10. The number of aliphatic hydroxyl groups is 1. The van der Waals surface area contributed by atoms with Crippen LogP contribution in [0, 0.1) is 5.82 Å². The van der Waals surface area contributed by atoms with Crippen LogP contribution < -0.4 is 0 Å². The molecular weight excluding hydrogens is 313 g/mol. The molecule has 1 aliphatic rings. The summed E-state index contributed by atoms with van der Waals surface area (Å²) in [4.78, 5) is 14.1. The molecule has 1 aliphatic heterocycles. The minimum absolute atomic E-state index is 0.0395. The quantitative estimate of drug-likeness (QED) is 0.906. The van der Waals surface area contributed by atoms with Crippen molar-refractivity contribution in [2.45, 2.75) is 31.7 Å². The third kappa shape index (κ3) is 3.54. The standard InChI is InChI=1S/C14H17BrFNO2/c15-11-6-10(7-12(16)8-11)14(19)17-5-3-1-2-4-13(17)9-18/h6-8,13,18H,1-5,9H2. The molecule has 1 amide bonds. The number of likely N-dealkylation sites (tertiary alicyclic amines) is 1. The molecule has 3 nitrogen and oxygen atoms in total. The zero-order valence-corrected chi connectivity index (χ0v) is 12.2. The van der Waals surface area contributed by atoms with E-state index in [-0.39, 0.29) is 18.6 Å². The molecule has 0 saturated carbocycles. The normalized spacial score (nSPS) is 20.2. The van der Waals surface area contributed by atoms with Gasteiger partial charge in [-0.2, -0.15) is 0 Å². The van der Waals surface area contributed by atoms with E-state index in [4.69, 9.17) is 0 Å². The molecule has 19 heavy (non-hydrogen) atoms. The van der Waals surface area contributed by atoms with Gasteiger partial charge in [-0.3, -0.25) is 4.79 Å². The maximum Gasteiger partial charge on any atom is 0.254 e. The van der Waals surface area contributed by atoms with Crippen LogP contribution in [0.15, 0.2) is 22.7 Å². The van der Waals surface area contributed by atoms with Crippen LogP contribution in [0.5, 0.6) is 0 Å². The first kappa shape index (κ1) is 14.5. The monoisotopic (exact) mass is 329 g/mol. The molecule has 1 aromatic carbocycles. The van der Waals surface area contributed by atoms with E-state index in [1.54, 1.807) is 11.0 Å². The number of hydrogen-bond donors (Lipinski definition) is 1. The topological polar surface area (TPSA) is 40.5 Å². The fourth-order valence-electron chi connectivity index (χ4n) is 2.48. The lowest BCUT2D eigenvalue weighted by Gasteiger charge is -2.28. The van der Waals surface area contributed by atoms with Crippen molar-refractivity contribution >= 4 is 21.8 Å². The highest BCUT2D eigenvalue weighted by Crippen LogP contribution is 2.21. The predicted octanol–water partition coefficient (Wildman–Crippen LogP) is 2.97. The van der Waals surface area contributed by atoms with E-state index in [1.807, 2.05) is 0 Å². The summed E-state index contributed by atoms with van der Waals surface area (Å²) in [6, 6.07) is 4.02. The first-order valence-corrected chi connectivity index (χ1v) is 7.29. The van der Waals surface area contributed by atoms with Crippen LogP contribution in [0.3, 0.4) is 0 Å². The molecule has 1 fully saturated rings. The third-order valence-electron chi connectivity index (χ3n) is 3.46. The Hall–Kier alpha value is -0.940. The van der Waals surface area contributed by atoms with Gasteiger partial charge in [0.2, 0.25) is 0 Å². The van der Waals surface area contributed by atoms with Crippen molar-refractivity contribution in [2.75, 3.05) is 13.2 Å². The SMILES string of the molecule is O=C(c1cc(F)cc(Br)c1)N1CCCCCC1CO. The van der Waals surface area contributed by atoms with Crippen LogP contribution in [0.1, 0.15) is 36.0 Å². The van der Waals surface area contributed by atoms with Crippen molar-refractivity contribution in [3.63, 3.8) is 0 Å². The summed E-state index contributed by atoms with van der Waals surface area (Å²) >= 11 is 3.19. The van der Waals surface area contributed by atoms with Crippen molar-refractivity contribution in [3.05, 3.63) is 34.1 Å². The van der Waals surface area contributed by atoms with Gasteiger partial charge in [-0.15, -0.1) is 0 Å². The number of amides is 1.